The third-order valence-electron chi connectivity index (χ3n) is 4.62. The fourth-order valence-corrected chi connectivity index (χ4v) is 3.35. The van der Waals surface area contributed by atoms with Crippen molar-refractivity contribution >= 4 is 5.97 Å². The summed E-state index contributed by atoms with van der Waals surface area (Å²) in [6, 6.07) is 9.86. The van der Waals surface area contributed by atoms with Gasteiger partial charge in [0.15, 0.2) is 5.79 Å². The molecule has 1 saturated heterocycles. The average Bonchev–Trinajstić information content (AvgIpc) is 2.91. The highest BCUT2D eigenvalue weighted by atomic mass is 16.7. The van der Waals surface area contributed by atoms with Crippen molar-refractivity contribution in [1.82, 2.24) is 0 Å². The summed E-state index contributed by atoms with van der Waals surface area (Å²) in [6.07, 6.45) is 3.14. The van der Waals surface area contributed by atoms with Crippen LogP contribution in [0.1, 0.15) is 31.2 Å². The van der Waals surface area contributed by atoms with E-state index in [-0.39, 0.29) is 0 Å². The van der Waals surface area contributed by atoms with Crippen molar-refractivity contribution in [2.75, 3.05) is 13.2 Å². The number of carbonyl (C=O) groups is 1. The largest absolute Gasteiger partial charge is 0.481 e. The molecule has 0 amide bonds. The number of benzene rings is 1. The summed E-state index contributed by atoms with van der Waals surface area (Å²) in [5, 5.41) is 9.70. The first-order chi connectivity index (χ1) is 9.64. The molecule has 0 radical (unpaired) electrons. The fraction of sp³-hybridized carbons (Fsp3) is 0.562. The van der Waals surface area contributed by atoms with Crippen molar-refractivity contribution in [3.63, 3.8) is 0 Å². The molecule has 4 nitrogen and oxygen atoms in total. The molecule has 3 rings (SSSR count). The van der Waals surface area contributed by atoms with Gasteiger partial charge in [-0.25, -0.2) is 0 Å². The second kappa shape index (κ2) is 5.19. The molecule has 4 heteroatoms. The number of rotatable bonds is 3. The standard InChI is InChI=1S/C16H20O4/c17-14(18)15(12-13-4-2-1-3-5-13)6-8-16(9-7-15)19-10-11-20-16/h1-5H,6-12H2,(H,17,18). The van der Waals surface area contributed by atoms with Gasteiger partial charge < -0.3 is 14.6 Å². The summed E-state index contributed by atoms with van der Waals surface area (Å²) < 4.78 is 11.4. The summed E-state index contributed by atoms with van der Waals surface area (Å²) >= 11 is 0. The van der Waals surface area contributed by atoms with Crippen molar-refractivity contribution in [2.24, 2.45) is 5.41 Å². The SMILES string of the molecule is O=C(O)C1(Cc2ccccc2)CCC2(CC1)OCCO2. The first kappa shape index (κ1) is 13.6. The van der Waals surface area contributed by atoms with Crippen LogP contribution >= 0.6 is 0 Å². The van der Waals surface area contributed by atoms with Crippen LogP contribution in [0.4, 0.5) is 0 Å². The van der Waals surface area contributed by atoms with Crippen LogP contribution in [0.15, 0.2) is 30.3 Å². The summed E-state index contributed by atoms with van der Waals surface area (Å²) in [7, 11) is 0. The lowest BCUT2D eigenvalue weighted by Crippen LogP contribution is -2.44. The number of hydrogen-bond acceptors (Lipinski definition) is 3. The van der Waals surface area contributed by atoms with Gasteiger partial charge >= 0.3 is 5.97 Å². The van der Waals surface area contributed by atoms with E-state index >= 15 is 0 Å². The Morgan fingerprint density at radius 1 is 1.05 bits per heavy atom. The van der Waals surface area contributed by atoms with Crippen molar-refractivity contribution in [1.29, 1.82) is 0 Å². The molecule has 2 aliphatic rings. The first-order valence-corrected chi connectivity index (χ1v) is 7.20. The van der Waals surface area contributed by atoms with Crippen LogP contribution in [-0.2, 0) is 20.7 Å². The van der Waals surface area contributed by atoms with Crippen LogP contribution in [0.5, 0.6) is 0 Å². The van der Waals surface area contributed by atoms with Crippen LogP contribution < -0.4 is 0 Å². The Morgan fingerprint density at radius 3 is 2.20 bits per heavy atom. The second-order valence-electron chi connectivity index (χ2n) is 5.86. The highest BCUT2D eigenvalue weighted by Crippen LogP contribution is 2.46. The van der Waals surface area contributed by atoms with E-state index in [0.29, 0.717) is 45.3 Å². The lowest BCUT2D eigenvalue weighted by molar-refractivity contribution is -0.197. The third-order valence-corrected chi connectivity index (χ3v) is 4.62. The van der Waals surface area contributed by atoms with Crippen LogP contribution in [0.25, 0.3) is 0 Å². The van der Waals surface area contributed by atoms with Gasteiger partial charge in [-0.2, -0.15) is 0 Å². The molecule has 1 aromatic carbocycles. The van der Waals surface area contributed by atoms with Gasteiger partial charge in [0.1, 0.15) is 0 Å². The molecular formula is C16H20O4. The molecule has 2 fully saturated rings. The number of ether oxygens (including phenoxy) is 2. The van der Waals surface area contributed by atoms with Crippen molar-refractivity contribution in [3.8, 4) is 0 Å². The molecule has 108 valence electrons. The molecule has 1 aliphatic carbocycles. The van der Waals surface area contributed by atoms with E-state index in [9.17, 15) is 9.90 Å². The molecular weight excluding hydrogens is 256 g/mol. The van der Waals surface area contributed by atoms with E-state index in [1.165, 1.54) is 0 Å². The van der Waals surface area contributed by atoms with E-state index in [2.05, 4.69) is 0 Å². The maximum absolute atomic E-state index is 11.8. The number of hydrogen-bond donors (Lipinski definition) is 1. The fourth-order valence-electron chi connectivity index (χ4n) is 3.35. The van der Waals surface area contributed by atoms with Gasteiger partial charge in [0.2, 0.25) is 0 Å². The second-order valence-corrected chi connectivity index (χ2v) is 5.86. The molecule has 0 aromatic heterocycles. The molecule has 20 heavy (non-hydrogen) atoms. The molecule has 1 heterocycles. The maximum atomic E-state index is 11.8. The van der Waals surface area contributed by atoms with Gasteiger partial charge in [-0.15, -0.1) is 0 Å². The predicted octanol–water partition coefficient (Wildman–Crippen LogP) is 2.62. The zero-order valence-corrected chi connectivity index (χ0v) is 11.5. The van der Waals surface area contributed by atoms with E-state index in [1.807, 2.05) is 30.3 Å². The Balaban J connectivity index is 1.75. The highest BCUT2D eigenvalue weighted by molar-refractivity contribution is 5.75. The molecule has 1 saturated carbocycles. The molecule has 1 N–H and O–H groups in total. The monoisotopic (exact) mass is 276 g/mol. The van der Waals surface area contributed by atoms with Gasteiger partial charge in [0.25, 0.3) is 0 Å². The van der Waals surface area contributed by atoms with Crippen LogP contribution in [0, 0.1) is 5.41 Å². The Morgan fingerprint density at radius 2 is 1.65 bits per heavy atom. The van der Waals surface area contributed by atoms with Gasteiger partial charge in [-0.1, -0.05) is 30.3 Å². The summed E-state index contributed by atoms with van der Waals surface area (Å²) in [5.41, 5.74) is 0.404. The van der Waals surface area contributed by atoms with Crippen LogP contribution in [0.2, 0.25) is 0 Å². The van der Waals surface area contributed by atoms with Gasteiger partial charge in [0.05, 0.1) is 18.6 Å². The zero-order chi connectivity index (χ0) is 14.1. The van der Waals surface area contributed by atoms with Gasteiger partial charge in [0, 0.05) is 12.8 Å². The first-order valence-electron chi connectivity index (χ1n) is 7.20. The minimum atomic E-state index is -0.700. The zero-order valence-electron chi connectivity index (χ0n) is 11.5. The minimum Gasteiger partial charge on any atom is -0.481 e. The lowest BCUT2D eigenvalue weighted by atomic mass is 9.68. The smallest absolute Gasteiger partial charge is 0.309 e. The molecule has 1 aromatic rings. The molecule has 1 spiro atoms. The third kappa shape index (κ3) is 2.45. The van der Waals surface area contributed by atoms with Crippen LogP contribution in [0.3, 0.4) is 0 Å². The Labute approximate surface area is 118 Å². The predicted molar refractivity (Wildman–Crippen MR) is 73.3 cm³/mol. The van der Waals surface area contributed by atoms with Crippen molar-refractivity contribution < 1.29 is 19.4 Å². The Kier molecular flexibility index (Phi) is 3.52. The number of aliphatic carboxylic acids is 1. The van der Waals surface area contributed by atoms with E-state index in [1.54, 1.807) is 0 Å². The number of carboxylic acids is 1. The average molecular weight is 276 g/mol. The Hall–Kier alpha value is -1.39. The lowest BCUT2D eigenvalue weighted by Gasteiger charge is -2.41. The van der Waals surface area contributed by atoms with Crippen molar-refractivity contribution in [2.45, 2.75) is 37.9 Å². The quantitative estimate of drug-likeness (QED) is 0.922. The van der Waals surface area contributed by atoms with E-state index in [4.69, 9.17) is 9.47 Å². The molecule has 0 unspecified atom stereocenters. The normalized spacial score (nSPS) is 23.8. The topological polar surface area (TPSA) is 55.8 Å². The molecule has 0 bridgehead atoms. The van der Waals surface area contributed by atoms with Crippen LogP contribution in [-0.4, -0.2) is 30.1 Å². The Bertz CT molecular complexity index is 467. The summed E-state index contributed by atoms with van der Waals surface area (Å²) in [6.45, 7) is 1.25. The maximum Gasteiger partial charge on any atom is 0.309 e. The van der Waals surface area contributed by atoms with E-state index in [0.717, 1.165) is 5.56 Å². The van der Waals surface area contributed by atoms with Gasteiger partial charge in [-0.3, -0.25) is 4.79 Å². The molecule has 1 aliphatic heterocycles. The highest BCUT2D eigenvalue weighted by Gasteiger charge is 2.49. The summed E-state index contributed by atoms with van der Waals surface area (Å²) in [4.78, 5) is 11.8. The van der Waals surface area contributed by atoms with Gasteiger partial charge in [-0.05, 0) is 24.8 Å². The summed E-state index contributed by atoms with van der Waals surface area (Å²) in [5.74, 6) is -1.20. The molecule has 0 atom stereocenters. The number of carboxylic acid groups (broad SMARTS) is 1. The minimum absolute atomic E-state index is 0.504. The van der Waals surface area contributed by atoms with E-state index < -0.39 is 17.2 Å². The van der Waals surface area contributed by atoms with Crippen molar-refractivity contribution in [3.05, 3.63) is 35.9 Å².